The number of nitrogens with zero attached hydrogens (tertiary/aromatic N) is 3. The first-order valence-corrected chi connectivity index (χ1v) is 6.12. The Balaban J connectivity index is 2.36. The Labute approximate surface area is 106 Å². The van der Waals surface area contributed by atoms with Crippen molar-refractivity contribution in [3.8, 4) is 0 Å². The zero-order valence-corrected chi connectivity index (χ0v) is 10.6. The molecular formula is C13H17FN4. The van der Waals surface area contributed by atoms with Gasteiger partial charge in [0.15, 0.2) is 0 Å². The van der Waals surface area contributed by atoms with Crippen LogP contribution in [0.15, 0.2) is 30.6 Å². The van der Waals surface area contributed by atoms with Gasteiger partial charge in [-0.2, -0.15) is 5.10 Å². The van der Waals surface area contributed by atoms with Crippen LogP contribution < -0.4 is 5.32 Å². The number of nitrogens with one attached hydrogen (secondary N) is 1. The van der Waals surface area contributed by atoms with Crippen LogP contribution >= 0.6 is 0 Å². The number of hydrogen-bond donors (Lipinski definition) is 1. The predicted molar refractivity (Wildman–Crippen MR) is 67.6 cm³/mol. The molecule has 1 atom stereocenters. The third kappa shape index (κ3) is 2.56. The number of rotatable bonds is 5. The van der Waals surface area contributed by atoms with Crippen LogP contribution in [0.1, 0.15) is 31.3 Å². The molecule has 0 bridgehead atoms. The molecule has 1 N–H and O–H groups in total. The molecule has 0 amide bonds. The van der Waals surface area contributed by atoms with E-state index in [-0.39, 0.29) is 11.9 Å². The van der Waals surface area contributed by atoms with Crippen LogP contribution in [0.5, 0.6) is 0 Å². The average Bonchev–Trinajstić information content (AvgIpc) is 2.85. The SMILES string of the molecule is CCNC(c1ccc(F)cc1)c1ncnn1CC. The molecule has 2 rings (SSSR count). The first-order valence-electron chi connectivity index (χ1n) is 6.12. The fraction of sp³-hybridized carbons (Fsp3) is 0.385. The lowest BCUT2D eigenvalue weighted by Crippen LogP contribution is -2.25. The van der Waals surface area contributed by atoms with E-state index in [0.717, 1.165) is 24.5 Å². The van der Waals surface area contributed by atoms with Crippen molar-refractivity contribution < 1.29 is 4.39 Å². The molecule has 96 valence electrons. The highest BCUT2D eigenvalue weighted by Crippen LogP contribution is 2.20. The first kappa shape index (κ1) is 12.7. The lowest BCUT2D eigenvalue weighted by Gasteiger charge is -2.18. The van der Waals surface area contributed by atoms with E-state index in [0.29, 0.717) is 0 Å². The molecule has 0 radical (unpaired) electrons. The minimum atomic E-state index is -0.231. The largest absolute Gasteiger partial charge is 0.304 e. The summed E-state index contributed by atoms with van der Waals surface area (Å²) in [6.45, 7) is 5.62. The Hall–Kier alpha value is -1.75. The standard InChI is InChI=1S/C13H17FN4/c1-3-15-12(10-5-7-11(14)8-6-10)13-16-9-17-18(13)4-2/h5-9,12,15H,3-4H2,1-2H3. The summed E-state index contributed by atoms with van der Waals surface area (Å²) in [7, 11) is 0. The van der Waals surface area contributed by atoms with E-state index >= 15 is 0 Å². The van der Waals surface area contributed by atoms with Crippen molar-refractivity contribution in [3.05, 3.63) is 47.8 Å². The zero-order chi connectivity index (χ0) is 13.0. The van der Waals surface area contributed by atoms with E-state index in [9.17, 15) is 4.39 Å². The maximum absolute atomic E-state index is 13.0. The minimum Gasteiger partial charge on any atom is -0.304 e. The fourth-order valence-corrected chi connectivity index (χ4v) is 1.96. The summed E-state index contributed by atoms with van der Waals surface area (Å²) in [4.78, 5) is 4.30. The van der Waals surface area contributed by atoms with Gasteiger partial charge in [-0.05, 0) is 31.2 Å². The molecule has 18 heavy (non-hydrogen) atoms. The van der Waals surface area contributed by atoms with Gasteiger partial charge in [-0.3, -0.25) is 0 Å². The lowest BCUT2D eigenvalue weighted by atomic mass is 10.1. The second kappa shape index (κ2) is 5.73. The van der Waals surface area contributed by atoms with Crippen LogP contribution in [0.2, 0.25) is 0 Å². The van der Waals surface area contributed by atoms with Gasteiger partial charge >= 0.3 is 0 Å². The highest BCUT2D eigenvalue weighted by Gasteiger charge is 2.18. The van der Waals surface area contributed by atoms with Gasteiger partial charge in [0, 0.05) is 6.54 Å². The van der Waals surface area contributed by atoms with Gasteiger partial charge in [-0.25, -0.2) is 14.1 Å². The third-order valence-corrected chi connectivity index (χ3v) is 2.81. The van der Waals surface area contributed by atoms with Crippen LogP contribution in [-0.2, 0) is 6.54 Å². The second-order valence-electron chi connectivity index (χ2n) is 3.98. The zero-order valence-electron chi connectivity index (χ0n) is 10.6. The smallest absolute Gasteiger partial charge is 0.148 e. The van der Waals surface area contributed by atoms with Gasteiger partial charge in [0.25, 0.3) is 0 Å². The van der Waals surface area contributed by atoms with E-state index in [1.54, 1.807) is 18.5 Å². The lowest BCUT2D eigenvalue weighted by molar-refractivity contribution is 0.530. The van der Waals surface area contributed by atoms with Gasteiger partial charge in [0.1, 0.15) is 18.0 Å². The molecule has 0 aliphatic heterocycles. The normalized spacial score (nSPS) is 12.6. The van der Waals surface area contributed by atoms with Crippen molar-refractivity contribution in [2.75, 3.05) is 6.54 Å². The molecule has 0 aliphatic carbocycles. The van der Waals surface area contributed by atoms with E-state index < -0.39 is 0 Å². The Morgan fingerprint density at radius 1 is 1.28 bits per heavy atom. The molecule has 1 aromatic carbocycles. The van der Waals surface area contributed by atoms with Crippen LogP contribution in [0, 0.1) is 5.82 Å². The van der Waals surface area contributed by atoms with Crippen molar-refractivity contribution in [2.24, 2.45) is 0 Å². The van der Waals surface area contributed by atoms with E-state index in [1.807, 2.05) is 18.5 Å². The topological polar surface area (TPSA) is 42.7 Å². The highest BCUT2D eigenvalue weighted by atomic mass is 19.1. The maximum atomic E-state index is 13.0. The van der Waals surface area contributed by atoms with Crippen molar-refractivity contribution in [3.63, 3.8) is 0 Å². The molecule has 0 fully saturated rings. The molecule has 1 aromatic heterocycles. The Morgan fingerprint density at radius 3 is 2.61 bits per heavy atom. The van der Waals surface area contributed by atoms with E-state index in [4.69, 9.17) is 0 Å². The van der Waals surface area contributed by atoms with Crippen LogP contribution in [-0.4, -0.2) is 21.3 Å². The minimum absolute atomic E-state index is 0.0574. The number of benzene rings is 1. The Bertz CT molecular complexity index is 492. The third-order valence-electron chi connectivity index (χ3n) is 2.81. The molecule has 0 aliphatic rings. The number of aromatic nitrogens is 3. The molecule has 0 saturated carbocycles. The molecule has 1 heterocycles. The summed E-state index contributed by atoms with van der Waals surface area (Å²) in [5, 5.41) is 7.52. The Morgan fingerprint density at radius 2 is 2.00 bits per heavy atom. The molecule has 0 saturated heterocycles. The van der Waals surface area contributed by atoms with Gasteiger partial charge in [0.05, 0.1) is 6.04 Å². The molecule has 0 spiro atoms. The van der Waals surface area contributed by atoms with Crippen LogP contribution in [0.3, 0.4) is 0 Å². The summed E-state index contributed by atoms with van der Waals surface area (Å²) >= 11 is 0. The summed E-state index contributed by atoms with van der Waals surface area (Å²) in [5.41, 5.74) is 0.987. The first-order chi connectivity index (χ1) is 8.76. The molecule has 4 nitrogen and oxygen atoms in total. The maximum Gasteiger partial charge on any atom is 0.148 e. The van der Waals surface area contributed by atoms with Crippen LogP contribution in [0.25, 0.3) is 0 Å². The fourth-order valence-electron chi connectivity index (χ4n) is 1.96. The summed E-state index contributed by atoms with van der Waals surface area (Å²) in [6.07, 6.45) is 1.55. The summed E-state index contributed by atoms with van der Waals surface area (Å²) in [6, 6.07) is 6.42. The van der Waals surface area contributed by atoms with Gasteiger partial charge < -0.3 is 5.32 Å². The van der Waals surface area contributed by atoms with Gasteiger partial charge in [0.2, 0.25) is 0 Å². The quantitative estimate of drug-likeness (QED) is 0.881. The monoisotopic (exact) mass is 248 g/mol. The van der Waals surface area contributed by atoms with Crippen molar-refractivity contribution in [2.45, 2.75) is 26.4 Å². The Kier molecular flexibility index (Phi) is 4.04. The van der Waals surface area contributed by atoms with Crippen LogP contribution in [0.4, 0.5) is 4.39 Å². The second-order valence-corrected chi connectivity index (χ2v) is 3.98. The molecule has 2 aromatic rings. The molecule has 5 heteroatoms. The van der Waals surface area contributed by atoms with Crippen molar-refractivity contribution in [1.82, 2.24) is 20.1 Å². The van der Waals surface area contributed by atoms with Crippen molar-refractivity contribution >= 4 is 0 Å². The van der Waals surface area contributed by atoms with Gasteiger partial charge in [-0.1, -0.05) is 19.1 Å². The summed E-state index contributed by atoms with van der Waals surface area (Å²) < 4.78 is 14.8. The van der Waals surface area contributed by atoms with E-state index in [1.165, 1.54) is 12.1 Å². The summed E-state index contributed by atoms with van der Waals surface area (Å²) in [5.74, 6) is 0.622. The number of halogens is 1. The number of aryl methyl sites for hydroxylation is 1. The van der Waals surface area contributed by atoms with Crippen molar-refractivity contribution in [1.29, 1.82) is 0 Å². The number of hydrogen-bond acceptors (Lipinski definition) is 3. The highest BCUT2D eigenvalue weighted by molar-refractivity contribution is 5.25. The average molecular weight is 248 g/mol. The van der Waals surface area contributed by atoms with E-state index in [2.05, 4.69) is 15.4 Å². The molecular weight excluding hydrogens is 231 g/mol. The predicted octanol–water partition coefficient (Wildman–Crippen LogP) is 2.14. The van der Waals surface area contributed by atoms with Gasteiger partial charge in [-0.15, -0.1) is 0 Å². The molecule has 1 unspecified atom stereocenters.